The van der Waals surface area contributed by atoms with Crippen LogP contribution in [0, 0.1) is 10.8 Å². The van der Waals surface area contributed by atoms with Crippen LogP contribution < -0.4 is 5.32 Å². The molecule has 3 aliphatic carbocycles. The first-order chi connectivity index (χ1) is 7.29. The molecule has 3 fully saturated rings. The molecule has 0 aromatic heterocycles. The zero-order valence-corrected chi connectivity index (χ0v) is 11.2. The number of hydrogen-bond donors (Lipinski definition) is 1. The van der Waals surface area contributed by atoms with Crippen LogP contribution in [0.5, 0.6) is 0 Å². The Labute approximate surface area is 99.2 Å². The van der Waals surface area contributed by atoms with E-state index in [9.17, 15) is 4.79 Å². The first kappa shape index (κ1) is 11.9. The molecule has 0 spiro atoms. The van der Waals surface area contributed by atoms with E-state index >= 15 is 0 Å². The van der Waals surface area contributed by atoms with E-state index in [1.807, 2.05) is 0 Å². The molecule has 16 heavy (non-hydrogen) atoms. The molecule has 1 N–H and O–H groups in total. The lowest BCUT2D eigenvalue weighted by atomic mass is 9.49. The van der Waals surface area contributed by atoms with Gasteiger partial charge in [-0.25, -0.2) is 0 Å². The van der Waals surface area contributed by atoms with Gasteiger partial charge < -0.3 is 5.32 Å². The van der Waals surface area contributed by atoms with Crippen LogP contribution in [0.1, 0.15) is 66.2 Å². The predicted octanol–water partition coefficient (Wildman–Crippen LogP) is 3.26. The molecule has 0 saturated heterocycles. The Morgan fingerprint density at radius 3 is 1.75 bits per heavy atom. The topological polar surface area (TPSA) is 29.1 Å². The first-order valence-electron chi connectivity index (χ1n) is 6.58. The van der Waals surface area contributed by atoms with Crippen molar-refractivity contribution in [3.8, 4) is 0 Å². The molecular formula is C14H25NO. The van der Waals surface area contributed by atoms with Gasteiger partial charge in [0.15, 0.2) is 0 Å². The standard InChI is InChI=1S/C14H25NO/c1-11(16)15-14-8-5-13(6-9-14,7-10-14)12(2,3)4/h5-10H2,1-4H3,(H,15,16). The Morgan fingerprint density at radius 2 is 1.44 bits per heavy atom. The van der Waals surface area contributed by atoms with Crippen LogP contribution in [-0.2, 0) is 4.79 Å². The van der Waals surface area contributed by atoms with Crippen LogP contribution in [0.3, 0.4) is 0 Å². The van der Waals surface area contributed by atoms with Gasteiger partial charge in [0.05, 0.1) is 0 Å². The molecule has 1 amide bonds. The smallest absolute Gasteiger partial charge is 0.217 e. The summed E-state index contributed by atoms with van der Waals surface area (Å²) in [7, 11) is 0. The summed E-state index contributed by atoms with van der Waals surface area (Å²) in [6.45, 7) is 8.78. The number of carbonyl (C=O) groups excluding carboxylic acids is 1. The van der Waals surface area contributed by atoms with E-state index in [4.69, 9.17) is 0 Å². The molecule has 0 radical (unpaired) electrons. The fraction of sp³-hybridized carbons (Fsp3) is 0.929. The summed E-state index contributed by atoms with van der Waals surface area (Å²) in [4.78, 5) is 11.3. The Bertz CT molecular complexity index is 276. The second-order valence-electron chi connectivity index (χ2n) is 6.99. The minimum absolute atomic E-state index is 0.144. The highest BCUT2D eigenvalue weighted by Gasteiger charge is 2.53. The molecule has 0 aromatic rings. The van der Waals surface area contributed by atoms with Crippen molar-refractivity contribution in [2.24, 2.45) is 10.8 Å². The highest BCUT2D eigenvalue weighted by atomic mass is 16.1. The van der Waals surface area contributed by atoms with Crippen molar-refractivity contribution in [3.63, 3.8) is 0 Å². The summed E-state index contributed by atoms with van der Waals surface area (Å²) in [5.74, 6) is 0.144. The average Bonchev–Trinajstić information content (AvgIpc) is 2.17. The molecule has 2 nitrogen and oxygen atoms in total. The van der Waals surface area contributed by atoms with Crippen LogP contribution >= 0.6 is 0 Å². The van der Waals surface area contributed by atoms with Crippen molar-refractivity contribution in [2.45, 2.75) is 71.8 Å². The van der Waals surface area contributed by atoms with E-state index in [-0.39, 0.29) is 11.4 Å². The third-order valence-corrected chi connectivity index (χ3v) is 5.28. The van der Waals surface area contributed by atoms with Gasteiger partial charge in [-0.1, -0.05) is 20.8 Å². The minimum Gasteiger partial charge on any atom is -0.351 e. The lowest BCUT2D eigenvalue weighted by Crippen LogP contribution is -2.58. The molecule has 3 aliphatic rings. The molecule has 0 aromatic carbocycles. The number of carbonyl (C=O) groups is 1. The number of nitrogens with one attached hydrogen (secondary N) is 1. The van der Waals surface area contributed by atoms with Gasteiger partial charge in [-0.05, 0) is 49.4 Å². The molecule has 0 atom stereocenters. The molecule has 0 heterocycles. The van der Waals surface area contributed by atoms with Crippen LogP contribution in [0.4, 0.5) is 0 Å². The predicted molar refractivity (Wildman–Crippen MR) is 66.1 cm³/mol. The Kier molecular flexibility index (Phi) is 2.60. The summed E-state index contributed by atoms with van der Waals surface area (Å²) < 4.78 is 0. The third kappa shape index (κ3) is 1.76. The van der Waals surface area contributed by atoms with Crippen LogP contribution in [0.25, 0.3) is 0 Å². The summed E-state index contributed by atoms with van der Waals surface area (Å²) in [5.41, 5.74) is 1.10. The summed E-state index contributed by atoms with van der Waals surface area (Å²) in [6, 6.07) is 0. The maximum absolute atomic E-state index is 11.3. The van der Waals surface area contributed by atoms with Gasteiger partial charge in [-0.15, -0.1) is 0 Å². The van der Waals surface area contributed by atoms with Gasteiger partial charge in [-0.3, -0.25) is 4.79 Å². The summed E-state index contributed by atoms with van der Waals surface area (Å²) >= 11 is 0. The Morgan fingerprint density at radius 1 is 1.00 bits per heavy atom. The van der Waals surface area contributed by atoms with Crippen LogP contribution in [0.2, 0.25) is 0 Å². The maximum atomic E-state index is 11.3. The number of amides is 1. The number of rotatable bonds is 1. The Hall–Kier alpha value is -0.530. The highest BCUT2D eigenvalue weighted by Crippen LogP contribution is 2.60. The van der Waals surface area contributed by atoms with E-state index < -0.39 is 0 Å². The van der Waals surface area contributed by atoms with Crippen molar-refractivity contribution in [1.82, 2.24) is 5.32 Å². The summed E-state index contributed by atoms with van der Waals surface area (Å²) in [5, 5.41) is 3.21. The second-order valence-corrected chi connectivity index (χ2v) is 6.99. The van der Waals surface area contributed by atoms with Crippen LogP contribution in [0.15, 0.2) is 0 Å². The van der Waals surface area contributed by atoms with E-state index in [0.717, 1.165) is 0 Å². The lowest BCUT2D eigenvalue weighted by molar-refractivity contribution is -0.125. The number of hydrogen-bond acceptors (Lipinski definition) is 1. The van der Waals surface area contributed by atoms with Gasteiger partial charge in [0.25, 0.3) is 0 Å². The highest BCUT2D eigenvalue weighted by molar-refractivity contribution is 5.73. The van der Waals surface area contributed by atoms with Gasteiger partial charge in [0, 0.05) is 12.5 Å². The second kappa shape index (κ2) is 3.48. The normalized spacial score (nSPS) is 38.5. The SMILES string of the molecule is CC(=O)NC12CCC(C(C)(C)C)(CC1)CC2. The Balaban J connectivity index is 2.12. The first-order valence-corrected chi connectivity index (χ1v) is 6.58. The molecule has 3 saturated carbocycles. The van der Waals surface area contributed by atoms with Gasteiger partial charge >= 0.3 is 0 Å². The molecular weight excluding hydrogens is 198 g/mol. The number of fused-ring (bicyclic) bond motifs is 3. The van der Waals surface area contributed by atoms with Gasteiger partial charge in [0.2, 0.25) is 5.91 Å². The molecule has 0 aliphatic heterocycles. The quantitative estimate of drug-likeness (QED) is 0.726. The molecule has 2 heteroatoms. The van der Waals surface area contributed by atoms with E-state index in [1.54, 1.807) is 6.92 Å². The molecule has 2 bridgehead atoms. The minimum atomic E-state index is 0.144. The van der Waals surface area contributed by atoms with Crippen molar-refractivity contribution in [3.05, 3.63) is 0 Å². The fourth-order valence-electron chi connectivity index (χ4n) is 3.87. The fourth-order valence-corrected chi connectivity index (χ4v) is 3.87. The van der Waals surface area contributed by atoms with Crippen LogP contribution in [-0.4, -0.2) is 11.4 Å². The lowest BCUT2D eigenvalue weighted by Gasteiger charge is -2.59. The molecule has 0 unspecified atom stereocenters. The van der Waals surface area contributed by atoms with E-state index in [2.05, 4.69) is 26.1 Å². The maximum Gasteiger partial charge on any atom is 0.217 e. The van der Waals surface area contributed by atoms with Crippen molar-refractivity contribution >= 4 is 5.91 Å². The average molecular weight is 223 g/mol. The largest absolute Gasteiger partial charge is 0.351 e. The zero-order chi connectivity index (χ0) is 12.0. The van der Waals surface area contributed by atoms with E-state index in [1.165, 1.54) is 38.5 Å². The monoisotopic (exact) mass is 223 g/mol. The van der Waals surface area contributed by atoms with Crippen molar-refractivity contribution < 1.29 is 4.79 Å². The van der Waals surface area contributed by atoms with Gasteiger partial charge in [0.1, 0.15) is 0 Å². The zero-order valence-electron chi connectivity index (χ0n) is 11.2. The molecule has 3 rings (SSSR count). The van der Waals surface area contributed by atoms with Crippen molar-refractivity contribution in [2.75, 3.05) is 0 Å². The third-order valence-electron chi connectivity index (χ3n) is 5.28. The summed E-state index contributed by atoms with van der Waals surface area (Å²) in [6.07, 6.45) is 7.42. The van der Waals surface area contributed by atoms with Gasteiger partial charge in [-0.2, -0.15) is 0 Å². The van der Waals surface area contributed by atoms with Crippen molar-refractivity contribution in [1.29, 1.82) is 0 Å². The molecule has 92 valence electrons. The van der Waals surface area contributed by atoms with E-state index in [0.29, 0.717) is 10.8 Å².